The van der Waals surface area contributed by atoms with Crippen LogP contribution in [0, 0.1) is 11.8 Å². The topological polar surface area (TPSA) is 87.2 Å². The van der Waals surface area contributed by atoms with Gasteiger partial charge in [0.1, 0.15) is 6.04 Å². The van der Waals surface area contributed by atoms with Gasteiger partial charge in [-0.1, -0.05) is 37.6 Å². The van der Waals surface area contributed by atoms with Crippen molar-refractivity contribution in [3.05, 3.63) is 24.3 Å². The highest BCUT2D eigenvalue weighted by molar-refractivity contribution is 8.02. The van der Waals surface area contributed by atoms with Gasteiger partial charge < -0.3 is 19.6 Å². The fraction of sp³-hybridized carbons (Fsp3) is 0.696. The first kappa shape index (κ1) is 22.4. The number of thioether (sulfide) groups is 1. The molecule has 0 saturated carbocycles. The van der Waals surface area contributed by atoms with Gasteiger partial charge in [-0.25, -0.2) is 0 Å². The number of ether oxygens (including phenoxy) is 1. The highest BCUT2D eigenvalue weighted by atomic mass is 32.2. The second kappa shape index (κ2) is 8.98. The van der Waals surface area contributed by atoms with E-state index in [-0.39, 0.29) is 35.7 Å². The summed E-state index contributed by atoms with van der Waals surface area (Å²) in [6, 6.07) is -0.606. The Hall–Kier alpha value is -1.80. The molecule has 0 aromatic rings. The van der Waals surface area contributed by atoms with E-state index in [9.17, 15) is 19.5 Å². The number of aliphatic hydroxyl groups excluding tert-OH is 1. The van der Waals surface area contributed by atoms with Crippen LogP contribution in [0.3, 0.4) is 0 Å². The zero-order valence-corrected chi connectivity index (χ0v) is 19.1. The predicted molar refractivity (Wildman–Crippen MR) is 118 cm³/mol. The van der Waals surface area contributed by atoms with Crippen molar-refractivity contribution < 1.29 is 24.2 Å². The van der Waals surface area contributed by atoms with E-state index in [1.54, 1.807) is 16.7 Å². The lowest BCUT2D eigenvalue weighted by Crippen LogP contribution is -2.55. The number of aliphatic hydroxyl groups is 1. The van der Waals surface area contributed by atoms with E-state index in [0.29, 0.717) is 32.5 Å². The lowest BCUT2D eigenvalue weighted by molar-refractivity contribution is -0.153. The van der Waals surface area contributed by atoms with Gasteiger partial charge in [0.05, 0.1) is 23.2 Å². The number of nitrogens with zero attached hydrogens (tertiary/aromatic N) is 2. The molecule has 170 valence electrons. The monoisotopic (exact) mass is 448 g/mol. The zero-order valence-electron chi connectivity index (χ0n) is 18.2. The van der Waals surface area contributed by atoms with Gasteiger partial charge >= 0.3 is 5.97 Å². The Morgan fingerprint density at radius 2 is 2.10 bits per heavy atom. The van der Waals surface area contributed by atoms with Crippen LogP contribution in [0.5, 0.6) is 0 Å². The minimum Gasteiger partial charge on any atom is -0.465 e. The Morgan fingerprint density at radius 1 is 1.29 bits per heavy atom. The van der Waals surface area contributed by atoms with Crippen molar-refractivity contribution in [2.24, 2.45) is 11.8 Å². The molecule has 7 nitrogen and oxygen atoms in total. The summed E-state index contributed by atoms with van der Waals surface area (Å²) in [4.78, 5) is 44.1. The summed E-state index contributed by atoms with van der Waals surface area (Å²) in [5.41, 5.74) is 0. The Morgan fingerprint density at radius 3 is 2.84 bits per heavy atom. The molecule has 1 spiro atoms. The van der Waals surface area contributed by atoms with Crippen LogP contribution in [0.4, 0.5) is 0 Å². The first-order valence-electron chi connectivity index (χ1n) is 11.4. The van der Waals surface area contributed by atoms with Crippen molar-refractivity contribution in [2.75, 3.05) is 26.3 Å². The number of carbonyl (C=O) groups excluding carboxylic acids is 3. The van der Waals surface area contributed by atoms with Crippen LogP contribution in [-0.2, 0) is 19.1 Å². The number of hydrogen-bond acceptors (Lipinski definition) is 6. The standard InChI is InChI=1S/C23H32N2O5S/c1-3-8-15(2)24-11-6-10-23-18(17-16(31-23)9-4-5-14-30-22(17)29)20(27)25(12-7-13-26)19(23)21(24)28/h4,6,9-10,15-19,26H,3,5,7-8,11-14H2,1-2H3/t15?,16-,17+,18-,19?,23-/m0/s1. The van der Waals surface area contributed by atoms with Crippen LogP contribution in [0.1, 0.15) is 39.5 Å². The van der Waals surface area contributed by atoms with Crippen LogP contribution in [0.25, 0.3) is 0 Å². The van der Waals surface area contributed by atoms with Crippen LogP contribution in [0.2, 0.25) is 0 Å². The van der Waals surface area contributed by atoms with Crippen molar-refractivity contribution in [2.45, 2.75) is 61.6 Å². The van der Waals surface area contributed by atoms with Gasteiger partial charge in [-0.2, -0.15) is 0 Å². The molecule has 31 heavy (non-hydrogen) atoms. The Bertz CT molecular complexity index is 799. The first-order chi connectivity index (χ1) is 15.0. The van der Waals surface area contributed by atoms with E-state index in [4.69, 9.17) is 4.74 Å². The molecule has 0 bridgehead atoms. The number of cyclic esters (lactones) is 1. The normalized spacial score (nSPS) is 35.8. The molecule has 4 aliphatic heterocycles. The number of esters is 1. The first-order valence-corrected chi connectivity index (χ1v) is 12.2. The fourth-order valence-electron chi connectivity index (χ4n) is 5.58. The summed E-state index contributed by atoms with van der Waals surface area (Å²) in [7, 11) is 0. The third-order valence-corrected chi connectivity index (χ3v) is 8.69. The molecular weight excluding hydrogens is 416 g/mol. The maximum atomic E-state index is 13.9. The molecule has 4 rings (SSSR count). The smallest absolute Gasteiger partial charge is 0.311 e. The van der Waals surface area contributed by atoms with Gasteiger partial charge in [-0.15, -0.1) is 11.8 Å². The lowest BCUT2D eigenvalue weighted by atomic mass is 9.78. The molecule has 4 aliphatic rings. The quantitative estimate of drug-likeness (QED) is 0.492. The molecule has 2 fully saturated rings. The van der Waals surface area contributed by atoms with E-state index in [1.807, 2.05) is 29.2 Å². The highest BCUT2D eigenvalue weighted by Gasteiger charge is 2.70. The van der Waals surface area contributed by atoms with Gasteiger partial charge in [-0.3, -0.25) is 14.4 Å². The molecule has 2 unspecified atom stereocenters. The van der Waals surface area contributed by atoms with Crippen molar-refractivity contribution >= 4 is 29.5 Å². The number of fused-ring (bicyclic) bond motifs is 2. The molecule has 2 amide bonds. The summed E-state index contributed by atoms with van der Waals surface area (Å²) in [5.74, 6) is -1.82. The largest absolute Gasteiger partial charge is 0.465 e. The third-order valence-electron chi connectivity index (χ3n) is 6.95. The second-order valence-electron chi connectivity index (χ2n) is 8.87. The summed E-state index contributed by atoms with van der Waals surface area (Å²) in [5, 5.41) is 9.21. The summed E-state index contributed by atoms with van der Waals surface area (Å²) in [6.45, 7) is 5.21. The maximum Gasteiger partial charge on any atom is 0.311 e. The molecule has 0 aromatic heterocycles. The van der Waals surface area contributed by atoms with Crippen molar-refractivity contribution in [3.8, 4) is 0 Å². The number of carbonyl (C=O) groups is 3. The van der Waals surface area contributed by atoms with Crippen LogP contribution >= 0.6 is 11.8 Å². The second-order valence-corrected chi connectivity index (χ2v) is 10.4. The predicted octanol–water partition coefficient (Wildman–Crippen LogP) is 1.76. The van der Waals surface area contributed by atoms with Crippen LogP contribution < -0.4 is 0 Å². The van der Waals surface area contributed by atoms with Crippen molar-refractivity contribution in [3.63, 3.8) is 0 Å². The van der Waals surface area contributed by atoms with E-state index < -0.39 is 22.6 Å². The average molecular weight is 449 g/mol. The Kier molecular flexibility index (Phi) is 6.49. The van der Waals surface area contributed by atoms with E-state index in [1.165, 1.54) is 0 Å². The van der Waals surface area contributed by atoms with Crippen molar-refractivity contribution in [1.29, 1.82) is 0 Å². The van der Waals surface area contributed by atoms with E-state index in [2.05, 4.69) is 13.8 Å². The third kappa shape index (κ3) is 3.61. The van der Waals surface area contributed by atoms with Gasteiger partial charge in [0, 0.05) is 31.0 Å². The minimum atomic E-state index is -0.798. The highest BCUT2D eigenvalue weighted by Crippen LogP contribution is 2.60. The summed E-state index contributed by atoms with van der Waals surface area (Å²) < 4.78 is 4.66. The summed E-state index contributed by atoms with van der Waals surface area (Å²) in [6.07, 6.45) is 11.0. The SMILES string of the molecule is CCCC(C)N1CC=C[C@]23S[C@H]4C=CCCOC(=O)[C@H]4[C@H]2C(=O)N(CCCO)C3C1=O. The molecular formula is C23H32N2O5S. The summed E-state index contributed by atoms with van der Waals surface area (Å²) >= 11 is 1.56. The number of hydrogen-bond donors (Lipinski definition) is 1. The van der Waals surface area contributed by atoms with Gasteiger partial charge in [0.2, 0.25) is 11.8 Å². The number of rotatable bonds is 6. The molecule has 0 radical (unpaired) electrons. The van der Waals surface area contributed by atoms with Gasteiger partial charge in [-0.05, 0) is 26.2 Å². The van der Waals surface area contributed by atoms with E-state index in [0.717, 1.165) is 12.8 Å². The average Bonchev–Trinajstić information content (AvgIpc) is 3.10. The molecule has 4 heterocycles. The van der Waals surface area contributed by atoms with Gasteiger partial charge in [0.25, 0.3) is 0 Å². The molecule has 0 aromatic carbocycles. The molecule has 6 atom stereocenters. The number of amides is 2. The molecule has 1 N–H and O–H groups in total. The molecule has 2 saturated heterocycles. The lowest BCUT2D eigenvalue weighted by Gasteiger charge is -2.37. The van der Waals surface area contributed by atoms with Crippen LogP contribution in [-0.4, -0.2) is 81.1 Å². The maximum absolute atomic E-state index is 13.9. The zero-order chi connectivity index (χ0) is 22.2. The molecule has 8 heteroatoms. The Balaban J connectivity index is 1.78. The van der Waals surface area contributed by atoms with Gasteiger partial charge in [0.15, 0.2) is 0 Å². The van der Waals surface area contributed by atoms with Crippen LogP contribution in [0.15, 0.2) is 24.3 Å². The molecule has 0 aliphatic carbocycles. The van der Waals surface area contributed by atoms with E-state index >= 15 is 0 Å². The number of likely N-dealkylation sites (tertiary alicyclic amines) is 1. The van der Waals surface area contributed by atoms with Crippen molar-refractivity contribution in [1.82, 2.24) is 9.80 Å². The Labute approximate surface area is 187 Å². The fourth-order valence-corrected chi connectivity index (χ4v) is 7.58. The minimum absolute atomic E-state index is 0.0566.